The van der Waals surface area contributed by atoms with Crippen LogP contribution in [-0.4, -0.2) is 12.5 Å². The van der Waals surface area contributed by atoms with E-state index in [2.05, 4.69) is 5.32 Å². The number of fused-ring (bicyclic) bond motifs is 2. The average Bonchev–Trinajstić information content (AvgIpc) is 2.69. The maximum Gasteiger partial charge on any atom is 0.262 e. The van der Waals surface area contributed by atoms with E-state index < -0.39 is 0 Å². The third-order valence-corrected chi connectivity index (χ3v) is 5.40. The van der Waals surface area contributed by atoms with Gasteiger partial charge < -0.3 is 14.5 Å². The number of anilines is 1. The number of para-hydroxylation sites is 1. The molecule has 0 radical (unpaired) electrons. The molecule has 0 saturated carbocycles. The molecular weight excluding hydrogens is 402 g/mol. The molecule has 30 heavy (non-hydrogen) atoms. The SMILES string of the molecule is Cc1cc2oc3cc(NC(=O)COc4c(C)cccc4C)ccc3c(=O)c2cc1Cl. The third kappa shape index (κ3) is 3.76. The molecule has 5 nitrogen and oxygen atoms in total. The van der Waals surface area contributed by atoms with Gasteiger partial charge in [0.1, 0.15) is 16.9 Å². The fourth-order valence-electron chi connectivity index (χ4n) is 3.41. The molecule has 0 saturated heterocycles. The summed E-state index contributed by atoms with van der Waals surface area (Å²) in [6.07, 6.45) is 0. The van der Waals surface area contributed by atoms with Crippen LogP contribution < -0.4 is 15.5 Å². The smallest absolute Gasteiger partial charge is 0.262 e. The van der Waals surface area contributed by atoms with E-state index in [0.29, 0.717) is 38.4 Å². The Morgan fingerprint density at radius 2 is 1.67 bits per heavy atom. The molecule has 1 aromatic heterocycles. The zero-order chi connectivity index (χ0) is 21.4. The summed E-state index contributed by atoms with van der Waals surface area (Å²) in [5, 5.41) is 4.15. The minimum atomic E-state index is -0.303. The van der Waals surface area contributed by atoms with Crippen molar-refractivity contribution in [2.24, 2.45) is 0 Å². The highest BCUT2D eigenvalue weighted by Gasteiger charge is 2.12. The van der Waals surface area contributed by atoms with Crippen molar-refractivity contribution in [3.8, 4) is 5.75 Å². The zero-order valence-corrected chi connectivity index (χ0v) is 17.6. The van der Waals surface area contributed by atoms with E-state index in [1.165, 1.54) is 0 Å². The van der Waals surface area contributed by atoms with Crippen molar-refractivity contribution in [1.82, 2.24) is 0 Å². The van der Waals surface area contributed by atoms with E-state index in [4.69, 9.17) is 20.8 Å². The van der Waals surface area contributed by atoms with Crippen molar-refractivity contribution in [3.05, 3.63) is 80.5 Å². The lowest BCUT2D eigenvalue weighted by atomic mass is 10.1. The predicted molar refractivity (Wildman–Crippen MR) is 120 cm³/mol. The van der Waals surface area contributed by atoms with Crippen LogP contribution >= 0.6 is 11.6 Å². The van der Waals surface area contributed by atoms with Gasteiger partial charge in [0.2, 0.25) is 5.43 Å². The molecule has 0 bridgehead atoms. The maximum absolute atomic E-state index is 12.8. The molecule has 0 fully saturated rings. The van der Waals surface area contributed by atoms with Crippen LogP contribution in [0.1, 0.15) is 16.7 Å². The lowest BCUT2D eigenvalue weighted by Crippen LogP contribution is -2.20. The molecule has 1 heterocycles. The fraction of sp³-hybridized carbons (Fsp3) is 0.167. The number of hydrogen-bond donors (Lipinski definition) is 1. The monoisotopic (exact) mass is 421 g/mol. The summed E-state index contributed by atoms with van der Waals surface area (Å²) < 4.78 is 11.6. The Morgan fingerprint density at radius 3 is 2.40 bits per heavy atom. The highest BCUT2D eigenvalue weighted by atomic mass is 35.5. The highest BCUT2D eigenvalue weighted by molar-refractivity contribution is 6.32. The summed E-state index contributed by atoms with van der Waals surface area (Å²) in [5.74, 6) is 0.403. The number of aryl methyl sites for hydroxylation is 3. The molecule has 1 amide bonds. The van der Waals surface area contributed by atoms with Gasteiger partial charge in [-0.1, -0.05) is 29.8 Å². The molecule has 0 aliphatic heterocycles. The molecule has 0 spiro atoms. The van der Waals surface area contributed by atoms with Gasteiger partial charge in [-0.3, -0.25) is 9.59 Å². The summed E-state index contributed by atoms with van der Waals surface area (Å²) >= 11 is 6.15. The number of benzene rings is 3. The molecule has 4 aromatic rings. The van der Waals surface area contributed by atoms with Crippen LogP contribution in [0.4, 0.5) is 5.69 Å². The first-order valence-corrected chi connectivity index (χ1v) is 9.87. The Balaban J connectivity index is 1.59. The van der Waals surface area contributed by atoms with E-state index in [1.54, 1.807) is 30.3 Å². The zero-order valence-electron chi connectivity index (χ0n) is 16.8. The summed E-state index contributed by atoms with van der Waals surface area (Å²) in [5.41, 5.74) is 3.96. The Bertz CT molecular complexity index is 1340. The topological polar surface area (TPSA) is 68.5 Å². The van der Waals surface area contributed by atoms with Crippen LogP contribution in [0.3, 0.4) is 0 Å². The minimum absolute atomic E-state index is 0.122. The molecule has 0 atom stereocenters. The van der Waals surface area contributed by atoms with Crippen LogP contribution in [0.15, 0.2) is 57.7 Å². The van der Waals surface area contributed by atoms with Gasteiger partial charge in [0.05, 0.1) is 10.8 Å². The first-order valence-electron chi connectivity index (χ1n) is 9.49. The molecule has 0 aliphatic rings. The Hall–Kier alpha value is -3.31. The lowest BCUT2D eigenvalue weighted by molar-refractivity contribution is -0.118. The van der Waals surface area contributed by atoms with Gasteiger partial charge in [-0.05, 0) is 61.7 Å². The molecule has 3 aromatic carbocycles. The quantitative estimate of drug-likeness (QED) is 0.439. The first-order chi connectivity index (χ1) is 14.3. The van der Waals surface area contributed by atoms with Crippen molar-refractivity contribution in [3.63, 3.8) is 0 Å². The second-order valence-electron chi connectivity index (χ2n) is 7.30. The van der Waals surface area contributed by atoms with E-state index in [9.17, 15) is 9.59 Å². The molecular formula is C24H20ClNO4. The van der Waals surface area contributed by atoms with Crippen LogP contribution in [0.2, 0.25) is 5.02 Å². The van der Waals surface area contributed by atoms with E-state index in [-0.39, 0.29) is 17.9 Å². The molecule has 6 heteroatoms. The Kier molecular flexibility index (Phi) is 5.22. The van der Waals surface area contributed by atoms with Crippen molar-refractivity contribution in [2.45, 2.75) is 20.8 Å². The molecule has 0 unspecified atom stereocenters. The number of carbonyl (C=O) groups is 1. The number of carbonyl (C=O) groups excluding carboxylic acids is 1. The van der Waals surface area contributed by atoms with E-state index in [0.717, 1.165) is 16.7 Å². The number of nitrogens with one attached hydrogen (secondary N) is 1. The lowest BCUT2D eigenvalue weighted by Gasteiger charge is -2.12. The summed E-state index contributed by atoms with van der Waals surface area (Å²) in [6, 6.07) is 14.1. The fourth-order valence-corrected chi connectivity index (χ4v) is 3.58. The van der Waals surface area contributed by atoms with E-state index in [1.807, 2.05) is 39.0 Å². The second-order valence-corrected chi connectivity index (χ2v) is 7.70. The van der Waals surface area contributed by atoms with Crippen molar-refractivity contribution in [1.29, 1.82) is 0 Å². The minimum Gasteiger partial charge on any atom is -0.483 e. The van der Waals surface area contributed by atoms with Gasteiger partial charge in [-0.25, -0.2) is 0 Å². The van der Waals surface area contributed by atoms with Crippen molar-refractivity contribution >= 4 is 45.1 Å². The standard InChI is InChI=1S/C24H20ClNO4/c1-13-5-4-6-14(2)24(13)29-12-22(27)26-16-7-8-17-21(10-16)30-20-9-15(3)19(25)11-18(20)23(17)28/h4-11H,12H2,1-3H3,(H,26,27). The highest BCUT2D eigenvalue weighted by Crippen LogP contribution is 2.26. The average molecular weight is 422 g/mol. The number of hydrogen-bond acceptors (Lipinski definition) is 4. The number of rotatable bonds is 4. The van der Waals surface area contributed by atoms with Gasteiger partial charge >= 0.3 is 0 Å². The largest absolute Gasteiger partial charge is 0.483 e. The van der Waals surface area contributed by atoms with Crippen LogP contribution in [0.5, 0.6) is 5.75 Å². The number of halogens is 1. The van der Waals surface area contributed by atoms with Crippen LogP contribution in [0, 0.1) is 20.8 Å². The van der Waals surface area contributed by atoms with Crippen molar-refractivity contribution in [2.75, 3.05) is 11.9 Å². The van der Waals surface area contributed by atoms with Gasteiger partial charge in [-0.2, -0.15) is 0 Å². The molecule has 4 rings (SSSR count). The first kappa shape index (κ1) is 20.0. The predicted octanol–water partition coefficient (Wildman–Crippen LogP) is 5.54. The Labute approximate surface area is 178 Å². The van der Waals surface area contributed by atoms with E-state index >= 15 is 0 Å². The number of amides is 1. The van der Waals surface area contributed by atoms with Gasteiger partial charge in [0, 0.05) is 16.8 Å². The van der Waals surface area contributed by atoms with Crippen LogP contribution in [0.25, 0.3) is 21.9 Å². The normalized spacial score (nSPS) is 11.1. The summed E-state index contributed by atoms with van der Waals surface area (Å²) in [6.45, 7) is 5.59. The van der Waals surface area contributed by atoms with Gasteiger partial charge in [-0.15, -0.1) is 0 Å². The summed E-state index contributed by atoms with van der Waals surface area (Å²) in [7, 11) is 0. The number of ether oxygens (including phenoxy) is 1. The molecule has 1 N–H and O–H groups in total. The molecule has 152 valence electrons. The van der Waals surface area contributed by atoms with Crippen molar-refractivity contribution < 1.29 is 13.9 Å². The summed E-state index contributed by atoms with van der Waals surface area (Å²) in [4.78, 5) is 25.1. The Morgan fingerprint density at radius 1 is 0.967 bits per heavy atom. The van der Waals surface area contributed by atoms with Gasteiger partial charge in [0.15, 0.2) is 6.61 Å². The second kappa shape index (κ2) is 7.84. The molecule has 0 aliphatic carbocycles. The third-order valence-electron chi connectivity index (χ3n) is 4.99. The maximum atomic E-state index is 12.8. The van der Waals surface area contributed by atoms with Gasteiger partial charge in [0.25, 0.3) is 5.91 Å². The van der Waals surface area contributed by atoms with Crippen LogP contribution in [-0.2, 0) is 4.79 Å².